The Morgan fingerprint density at radius 2 is 2.00 bits per heavy atom. The van der Waals surface area contributed by atoms with Gasteiger partial charge in [0.05, 0.1) is 29.3 Å². The van der Waals surface area contributed by atoms with Gasteiger partial charge in [-0.05, 0) is 50.1 Å². The average molecular weight is 471 g/mol. The van der Waals surface area contributed by atoms with Crippen LogP contribution in [0.3, 0.4) is 0 Å². The number of benzene rings is 2. The van der Waals surface area contributed by atoms with Gasteiger partial charge in [-0.3, -0.25) is 0 Å². The molecule has 0 radical (unpaired) electrons. The molecule has 32 heavy (non-hydrogen) atoms. The summed E-state index contributed by atoms with van der Waals surface area (Å²) in [6.07, 6.45) is 2.12. The Morgan fingerprint density at radius 1 is 1.22 bits per heavy atom. The van der Waals surface area contributed by atoms with Crippen LogP contribution in [0.5, 0.6) is 0 Å². The number of piperidine rings is 1. The second kappa shape index (κ2) is 10.0. The molecule has 168 valence electrons. The summed E-state index contributed by atoms with van der Waals surface area (Å²) in [6, 6.07) is 15.4. The van der Waals surface area contributed by atoms with Gasteiger partial charge in [-0.1, -0.05) is 29.8 Å². The van der Waals surface area contributed by atoms with Gasteiger partial charge < -0.3 is 14.4 Å². The zero-order chi connectivity index (χ0) is 22.7. The lowest BCUT2D eigenvalue weighted by Crippen LogP contribution is -2.38. The molecular formula is C25H27ClN2O3S. The summed E-state index contributed by atoms with van der Waals surface area (Å²) >= 11 is 7.73. The van der Waals surface area contributed by atoms with Crippen LogP contribution in [0.25, 0.3) is 10.6 Å². The highest BCUT2D eigenvalue weighted by molar-refractivity contribution is 7.15. The molecule has 1 saturated heterocycles. The van der Waals surface area contributed by atoms with Gasteiger partial charge in [0.15, 0.2) is 0 Å². The number of methoxy groups -OCH3 is 2. The standard InChI is InChI=1S/C25H27ClN2O3S/c1-16-23(32-24(27-16)17-9-11-20(26)12-10-17)22(30-2)19-7-5-13-28(15-19)21-8-4-6-18(14-21)25(29)31-3/h4,6,8-12,14,19,22H,5,7,13,15H2,1-3H3. The highest BCUT2D eigenvalue weighted by Gasteiger charge is 2.31. The summed E-state index contributed by atoms with van der Waals surface area (Å²) in [5, 5.41) is 1.70. The molecular weight excluding hydrogens is 444 g/mol. The topological polar surface area (TPSA) is 51.7 Å². The van der Waals surface area contributed by atoms with E-state index in [-0.39, 0.29) is 12.1 Å². The number of nitrogens with zero attached hydrogens (tertiary/aromatic N) is 2. The van der Waals surface area contributed by atoms with E-state index in [1.807, 2.05) is 42.5 Å². The molecule has 3 aromatic rings. The van der Waals surface area contributed by atoms with Gasteiger partial charge in [-0.25, -0.2) is 9.78 Å². The maximum Gasteiger partial charge on any atom is 0.337 e. The number of hydrogen-bond acceptors (Lipinski definition) is 6. The lowest BCUT2D eigenvalue weighted by Gasteiger charge is -2.37. The van der Waals surface area contributed by atoms with E-state index in [1.165, 1.54) is 12.0 Å². The molecule has 0 aliphatic carbocycles. The van der Waals surface area contributed by atoms with Crippen molar-refractivity contribution in [2.45, 2.75) is 25.9 Å². The van der Waals surface area contributed by atoms with Crippen LogP contribution in [0, 0.1) is 12.8 Å². The van der Waals surface area contributed by atoms with Crippen molar-refractivity contribution < 1.29 is 14.3 Å². The Labute approximate surface area is 198 Å². The molecule has 0 amide bonds. The number of carbonyl (C=O) groups is 1. The van der Waals surface area contributed by atoms with Crippen molar-refractivity contribution in [1.82, 2.24) is 4.98 Å². The number of hydrogen-bond donors (Lipinski definition) is 0. The lowest BCUT2D eigenvalue weighted by molar-refractivity contribution is 0.0470. The Morgan fingerprint density at radius 3 is 2.72 bits per heavy atom. The van der Waals surface area contributed by atoms with E-state index in [4.69, 9.17) is 26.1 Å². The van der Waals surface area contributed by atoms with E-state index in [1.54, 1.807) is 24.5 Å². The Kier molecular flexibility index (Phi) is 7.13. The molecule has 1 aliphatic rings. The Balaban J connectivity index is 1.56. The van der Waals surface area contributed by atoms with Crippen LogP contribution in [0.15, 0.2) is 48.5 Å². The molecule has 2 heterocycles. The highest BCUT2D eigenvalue weighted by atomic mass is 35.5. The minimum atomic E-state index is -0.315. The van der Waals surface area contributed by atoms with E-state index in [0.717, 1.165) is 52.9 Å². The van der Waals surface area contributed by atoms with Crippen molar-refractivity contribution in [1.29, 1.82) is 0 Å². The molecule has 0 N–H and O–H groups in total. The molecule has 1 fully saturated rings. The van der Waals surface area contributed by atoms with Gasteiger partial charge in [0, 0.05) is 42.4 Å². The fourth-order valence-corrected chi connectivity index (χ4v) is 5.71. The number of esters is 1. The molecule has 1 aliphatic heterocycles. The van der Waals surface area contributed by atoms with E-state index < -0.39 is 0 Å². The summed E-state index contributed by atoms with van der Waals surface area (Å²) in [7, 11) is 3.19. The highest BCUT2D eigenvalue weighted by Crippen LogP contribution is 2.40. The first kappa shape index (κ1) is 22.8. The van der Waals surface area contributed by atoms with Crippen LogP contribution in [0.1, 0.15) is 39.9 Å². The van der Waals surface area contributed by atoms with Gasteiger partial charge in [-0.15, -0.1) is 11.3 Å². The second-order valence-corrected chi connectivity index (χ2v) is 9.49. The van der Waals surface area contributed by atoms with Crippen LogP contribution >= 0.6 is 22.9 Å². The van der Waals surface area contributed by atoms with E-state index >= 15 is 0 Å². The van der Waals surface area contributed by atoms with Gasteiger partial charge >= 0.3 is 5.97 Å². The molecule has 2 aromatic carbocycles. The number of aromatic nitrogens is 1. The number of thiazole rings is 1. The monoisotopic (exact) mass is 470 g/mol. The summed E-state index contributed by atoms with van der Waals surface area (Å²) in [5.41, 5.74) is 3.68. The summed E-state index contributed by atoms with van der Waals surface area (Å²) < 4.78 is 10.9. The fourth-order valence-electron chi connectivity index (χ4n) is 4.34. The SMILES string of the molecule is COC(=O)c1cccc(N2CCCC(C(OC)c3sc(-c4ccc(Cl)cc4)nc3C)C2)c1. The van der Waals surface area contributed by atoms with Crippen LogP contribution in [0.2, 0.25) is 5.02 Å². The first-order valence-electron chi connectivity index (χ1n) is 10.7. The maximum absolute atomic E-state index is 12.0. The van der Waals surface area contributed by atoms with Crippen molar-refractivity contribution in [3.63, 3.8) is 0 Å². The van der Waals surface area contributed by atoms with Gasteiger partial charge in [0.25, 0.3) is 0 Å². The lowest BCUT2D eigenvalue weighted by atomic mass is 9.90. The molecule has 0 spiro atoms. The molecule has 4 rings (SSSR count). The van der Waals surface area contributed by atoms with Crippen molar-refractivity contribution in [2.75, 3.05) is 32.2 Å². The predicted octanol–water partition coefficient (Wildman–Crippen LogP) is 6.16. The van der Waals surface area contributed by atoms with E-state index in [0.29, 0.717) is 11.5 Å². The minimum Gasteiger partial charge on any atom is -0.465 e. The molecule has 7 heteroatoms. The van der Waals surface area contributed by atoms with E-state index in [2.05, 4.69) is 11.8 Å². The molecule has 0 saturated carbocycles. The van der Waals surface area contributed by atoms with Crippen LogP contribution < -0.4 is 4.90 Å². The first-order chi connectivity index (χ1) is 15.5. The molecule has 0 bridgehead atoms. The van der Waals surface area contributed by atoms with Crippen molar-refractivity contribution in [3.05, 3.63) is 69.7 Å². The fraction of sp³-hybridized carbons (Fsp3) is 0.360. The Hall–Kier alpha value is -2.41. The van der Waals surface area contributed by atoms with Crippen molar-refractivity contribution in [3.8, 4) is 10.6 Å². The second-order valence-electron chi connectivity index (χ2n) is 8.02. The van der Waals surface area contributed by atoms with Crippen molar-refractivity contribution >= 4 is 34.6 Å². The van der Waals surface area contributed by atoms with Crippen LogP contribution in [0.4, 0.5) is 5.69 Å². The third kappa shape index (κ3) is 4.82. The summed E-state index contributed by atoms with van der Waals surface area (Å²) in [6.45, 7) is 3.86. The third-order valence-electron chi connectivity index (χ3n) is 5.95. The number of carbonyl (C=O) groups excluding carboxylic acids is 1. The van der Waals surface area contributed by atoms with Gasteiger partial charge in [-0.2, -0.15) is 0 Å². The van der Waals surface area contributed by atoms with Gasteiger partial charge in [0.1, 0.15) is 5.01 Å². The zero-order valence-electron chi connectivity index (χ0n) is 18.5. The predicted molar refractivity (Wildman–Crippen MR) is 130 cm³/mol. The third-order valence-corrected chi connectivity index (χ3v) is 7.47. The van der Waals surface area contributed by atoms with Crippen LogP contribution in [-0.2, 0) is 9.47 Å². The zero-order valence-corrected chi connectivity index (χ0v) is 20.1. The normalized spacial score (nSPS) is 17.2. The number of rotatable bonds is 6. The molecule has 2 unspecified atom stereocenters. The first-order valence-corrected chi connectivity index (χ1v) is 11.9. The van der Waals surface area contributed by atoms with Crippen molar-refractivity contribution in [2.24, 2.45) is 5.92 Å². The number of anilines is 1. The number of aryl methyl sites for hydroxylation is 1. The molecule has 5 nitrogen and oxygen atoms in total. The largest absolute Gasteiger partial charge is 0.465 e. The van der Waals surface area contributed by atoms with E-state index in [9.17, 15) is 4.79 Å². The number of halogens is 1. The maximum atomic E-state index is 12.0. The Bertz CT molecular complexity index is 1080. The smallest absolute Gasteiger partial charge is 0.337 e. The summed E-state index contributed by atoms with van der Waals surface area (Å²) in [4.78, 5) is 20.3. The van der Waals surface area contributed by atoms with Gasteiger partial charge in [0.2, 0.25) is 0 Å². The van der Waals surface area contributed by atoms with Crippen LogP contribution in [-0.4, -0.2) is 38.3 Å². The average Bonchev–Trinajstić information content (AvgIpc) is 3.21. The number of ether oxygens (including phenoxy) is 2. The minimum absolute atomic E-state index is 0.0276. The molecule has 1 aromatic heterocycles. The molecule has 2 atom stereocenters. The summed E-state index contributed by atoms with van der Waals surface area (Å²) in [5.74, 6) is 0.0120. The quantitative estimate of drug-likeness (QED) is 0.403.